The summed E-state index contributed by atoms with van der Waals surface area (Å²) in [6.07, 6.45) is 3.43. The second-order valence-electron chi connectivity index (χ2n) is 4.64. The number of thioether (sulfide) groups is 1. The predicted molar refractivity (Wildman–Crippen MR) is 83.7 cm³/mol. The van der Waals surface area contributed by atoms with Gasteiger partial charge in [0, 0.05) is 12.3 Å². The number of nitrogens with one attached hydrogen (secondary N) is 1. The van der Waals surface area contributed by atoms with Crippen LogP contribution in [-0.2, 0) is 0 Å². The minimum absolute atomic E-state index is 0.0932. The van der Waals surface area contributed by atoms with Crippen LogP contribution in [0.1, 0.15) is 5.76 Å². The first kappa shape index (κ1) is 15.4. The maximum atomic E-state index is 13.7. The number of rotatable bonds is 4. The fourth-order valence-electron chi connectivity index (χ4n) is 2.05. The molecule has 23 heavy (non-hydrogen) atoms. The van der Waals surface area contributed by atoms with Crippen LogP contribution >= 0.6 is 11.8 Å². The van der Waals surface area contributed by atoms with Gasteiger partial charge in [-0.25, -0.2) is 18.7 Å². The first-order chi connectivity index (χ1) is 11.1. The van der Waals surface area contributed by atoms with Crippen LogP contribution in [0, 0.1) is 18.6 Å². The van der Waals surface area contributed by atoms with E-state index in [4.69, 9.17) is 4.52 Å². The van der Waals surface area contributed by atoms with Crippen molar-refractivity contribution in [2.75, 3.05) is 11.6 Å². The zero-order valence-corrected chi connectivity index (χ0v) is 13.1. The van der Waals surface area contributed by atoms with Crippen LogP contribution in [0.3, 0.4) is 0 Å². The molecule has 0 saturated carbocycles. The van der Waals surface area contributed by atoms with E-state index in [9.17, 15) is 8.78 Å². The SMILES string of the molecule is CSc1noc(C)c1-c1ccnc(Nc2ccc(F)cc2F)n1. The molecule has 3 rings (SSSR count). The molecule has 118 valence electrons. The van der Waals surface area contributed by atoms with Gasteiger partial charge in [-0.15, -0.1) is 11.8 Å². The normalized spacial score (nSPS) is 10.8. The second kappa shape index (κ2) is 6.33. The number of aromatic nitrogens is 3. The minimum atomic E-state index is -0.718. The van der Waals surface area contributed by atoms with Gasteiger partial charge in [0.05, 0.1) is 16.9 Å². The molecule has 1 N–H and O–H groups in total. The summed E-state index contributed by atoms with van der Waals surface area (Å²) < 4.78 is 31.8. The Morgan fingerprint density at radius 2 is 2.04 bits per heavy atom. The van der Waals surface area contributed by atoms with Gasteiger partial charge in [-0.3, -0.25) is 0 Å². The topological polar surface area (TPSA) is 63.8 Å². The number of nitrogens with zero attached hydrogens (tertiary/aromatic N) is 3. The number of benzene rings is 1. The Hall–Kier alpha value is -2.48. The maximum absolute atomic E-state index is 13.7. The quantitative estimate of drug-likeness (QED) is 0.722. The van der Waals surface area contributed by atoms with E-state index >= 15 is 0 Å². The van der Waals surface area contributed by atoms with E-state index in [0.29, 0.717) is 16.5 Å². The largest absolute Gasteiger partial charge is 0.360 e. The Morgan fingerprint density at radius 1 is 1.22 bits per heavy atom. The van der Waals surface area contributed by atoms with Crippen LogP contribution in [0.15, 0.2) is 40.0 Å². The van der Waals surface area contributed by atoms with Gasteiger partial charge < -0.3 is 9.84 Å². The van der Waals surface area contributed by atoms with Crippen molar-refractivity contribution in [3.05, 3.63) is 47.9 Å². The number of anilines is 2. The van der Waals surface area contributed by atoms with Gasteiger partial charge in [-0.05, 0) is 31.4 Å². The van der Waals surface area contributed by atoms with Gasteiger partial charge in [0.15, 0.2) is 0 Å². The molecule has 0 saturated heterocycles. The number of hydrogen-bond donors (Lipinski definition) is 1. The van der Waals surface area contributed by atoms with E-state index in [-0.39, 0.29) is 11.6 Å². The zero-order valence-electron chi connectivity index (χ0n) is 12.3. The molecule has 2 aromatic heterocycles. The molecule has 5 nitrogen and oxygen atoms in total. The first-order valence-electron chi connectivity index (χ1n) is 6.64. The smallest absolute Gasteiger partial charge is 0.227 e. The number of hydrogen-bond acceptors (Lipinski definition) is 6. The van der Waals surface area contributed by atoms with Crippen molar-refractivity contribution in [1.29, 1.82) is 0 Å². The van der Waals surface area contributed by atoms with Crippen LogP contribution in [0.2, 0.25) is 0 Å². The summed E-state index contributed by atoms with van der Waals surface area (Å²) in [6, 6.07) is 4.96. The van der Waals surface area contributed by atoms with Gasteiger partial charge in [0.25, 0.3) is 0 Å². The lowest BCUT2D eigenvalue weighted by Gasteiger charge is -2.07. The monoisotopic (exact) mass is 334 g/mol. The average molecular weight is 334 g/mol. The van der Waals surface area contributed by atoms with Crippen LogP contribution in [0.4, 0.5) is 20.4 Å². The maximum Gasteiger partial charge on any atom is 0.227 e. The van der Waals surface area contributed by atoms with Gasteiger partial charge in [0.1, 0.15) is 22.4 Å². The molecule has 2 heterocycles. The molecule has 8 heteroatoms. The summed E-state index contributed by atoms with van der Waals surface area (Å²) in [5, 5.41) is 7.40. The summed E-state index contributed by atoms with van der Waals surface area (Å²) in [6.45, 7) is 1.79. The van der Waals surface area contributed by atoms with Crippen molar-refractivity contribution in [3.8, 4) is 11.3 Å². The molecule has 0 atom stereocenters. The van der Waals surface area contributed by atoms with Crippen LogP contribution < -0.4 is 5.32 Å². The Morgan fingerprint density at radius 3 is 2.78 bits per heavy atom. The Labute approximate surface area is 135 Å². The molecule has 0 aliphatic rings. The van der Waals surface area contributed by atoms with E-state index in [2.05, 4.69) is 20.4 Å². The Bertz CT molecular complexity index is 853. The van der Waals surface area contributed by atoms with Gasteiger partial charge in [0.2, 0.25) is 5.95 Å². The van der Waals surface area contributed by atoms with E-state index in [0.717, 1.165) is 17.7 Å². The fraction of sp³-hybridized carbons (Fsp3) is 0.133. The molecule has 0 radical (unpaired) electrons. The molecule has 0 fully saturated rings. The second-order valence-corrected chi connectivity index (χ2v) is 5.43. The van der Waals surface area contributed by atoms with Crippen LogP contribution in [0.25, 0.3) is 11.3 Å². The summed E-state index contributed by atoms with van der Waals surface area (Å²) in [4.78, 5) is 8.40. The number of halogens is 2. The van der Waals surface area contributed by atoms with E-state index in [1.807, 2.05) is 6.26 Å². The van der Waals surface area contributed by atoms with Crippen LogP contribution in [-0.4, -0.2) is 21.4 Å². The highest BCUT2D eigenvalue weighted by Gasteiger charge is 2.16. The molecular weight excluding hydrogens is 322 g/mol. The highest BCUT2D eigenvalue weighted by Crippen LogP contribution is 2.31. The van der Waals surface area contributed by atoms with Crippen molar-refractivity contribution in [2.45, 2.75) is 11.9 Å². The molecular formula is C15H12F2N4OS. The molecule has 3 aromatic rings. The van der Waals surface area contributed by atoms with Crippen molar-refractivity contribution >= 4 is 23.4 Å². The van der Waals surface area contributed by atoms with E-state index in [1.54, 1.807) is 19.2 Å². The molecule has 1 aromatic carbocycles. The summed E-state index contributed by atoms with van der Waals surface area (Å²) in [5.74, 6) is -0.537. The third-order valence-electron chi connectivity index (χ3n) is 3.11. The van der Waals surface area contributed by atoms with Crippen LogP contribution in [0.5, 0.6) is 0 Å². The Kier molecular flexibility index (Phi) is 4.24. The van der Waals surface area contributed by atoms with E-state index in [1.165, 1.54) is 17.8 Å². The van der Waals surface area contributed by atoms with Gasteiger partial charge >= 0.3 is 0 Å². The highest BCUT2D eigenvalue weighted by atomic mass is 32.2. The first-order valence-corrected chi connectivity index (χ1v) is 7.86. The van der Waals surface area contributed by atoms with E-state index < -0.39 is 11.6 Å². The fourth-order valence-corrected chi connectivity index (χ4v) is 2.61. The summed E-state index contributed by atoms with van der Waals surface area (Å²) >= 11 is 1.44. The van der Waals surface area contributed by atoms with Crippen molar-refractivity contribution < 1.29 is 13.3 Å². The molecule has 0 aliphatic heterocycles. The van der Waals surface area contributed by atoms with Crippen molar-refractivity contribution in [2.24, 2.45) is 0 Å². The van der Waals surface area contributed by atoms with Gasteiger partial charge in [-0.2, -0.15) is 0 Å². The van der Waals surface area contributed by atoms with Gasteiger partial charge in [-0.1, -0.05) is 5.16 Å². The third kappa shape index (κ3) is 3.16. The summed E-state index contributed by atoms with van der Waals surface area (Å²) in [7, 11) is 0. The lowest BCUT2D eigenvalue weighted by atomic mass is 10.2. The molecule has 0 bridgehead atoms. The minimum Gasteiger partial charge on any atom is -0.360 e. The summed E-state index contributed by atoms with van der Waals surface area (Å²) in [5.41, 5.74) is 1.46. The zero-order chi connectivity index (χ0) is 16.4. The third-order valence-corrected chi connectivity index (χ3v) is 3.78. The lowest BCUT2D eigenvalue weighted by molar-refractivity contribution is 0.384. The number of aryl methyl sites for hydroxylation is 1. The molecule has 0 aliphatic carbocycles. The standard InChI is InChI=1S/C15H12F2N4OS/c1-8-13(14(23-2)21-22-8)12-5-6-18-15(20-12)19-11-4-3-9(16)7-10(11)17/h3-7H,1-2H3,(H,18,19,20). The highest BCUT2D eigenvalue weighted by molar-refractivity contribution is 7.98. The predicted octanol–water partition coefficient (Wildman–Crippen LogP) is 4.18. The van der Waals surface area contributed by atoms with Crippen molar-refractivity contribution in [1.82, 2.24) is 15.1 Å². The molecule has 0 unspecified atom stereocenters. The lowest BCUT2D eigenvalue weighted by Crippen LogP contribution is -2.00. The average Bonchev–Trinajstić information content (AvgIpc) is 2.91. The van der Waals surface area contributed by atoms with Crippen molar-refractivity contribution in [3.63, 3.8) is 0 Å². The molecule has 0 amide bonds. The Balaban J connectivity index is 1.95. The molecule has 0 spiro atoms.